The van der Waals surface area contributed by atoms with E-state index in [1.54, 1.807) is 7.11 Å². The molecule has 150 valence electrons. The summed E-state index contributed by atoms with van der Waals surface area (Å²) in [5, 5.41) is 2.92. The fourth-order valence-corrected chi connectivity index (χ4v) is 4.57. The van der Waals surface area contributed by atoms with Gasteiger partial charge in [-0.1, -0.05) is 18.2 Å². The van der Waals surface area contributed by atoms with Crippen molar-refractivity contribution in [2.24, 2.45) is 0 Å². The van der Waals surface area contributed by atoms with Gasteiger partial charge in [-0.05, 0) is 31.7 Å². The predicted molar refractivity (Wildman–Crippen MR) is 107 cm³/mol. The maximum Gasteiger partial charge on any atom is 0.272 e. The van der Waals surface area contributed by atoms with Crippen LogP contribution in [-0.4, -0.2) is 58.0 Å². The van der Waals surface area contributed by atoms with E-state index in [4.69, 9.17) is 9.47 Å². The van der Waals surface area contributed by atoms with Gasteiger partial charge in [0.05, 0.1) is 36.7 Å². The first kappa shape index (κ1) is 19.3. The van der Waals surface area contributed by atoms with Crippen LogP contribution >= 0.6 is 11.7 Å². The van der Waals surface area contributed by atoms with E-state index in [0.29, 0.717) is 12.2 Å². The Kier molecular flexibility index (Phi) is 5.89. The van der Waals surface area contributed by atoms with Crippen molar-refractivity contribution in [3.63, 3.8) is 0 Å². The lowest BCUT2D eigenvalue weighted by molar-refractivity contribution is -0.0765. The number of nitrogens with zero attached hydrogens (tertiary/aromatic N) is 3. The number of hydrogen-bond donors (Lipinski definition) is 1. The van der Waals surface area contributed by atoms with E-state index >= 15 is 0 Å². The van der Waals surface area contributed by atoms with Gasteiger partial charge in [-0.15, -0.1) is 0 Å². The molecule has 0 radical (unpaired) electrons. The Morgan fingerprint density at radius 3 is 2.93 bits per heavy atom. The Morgan fingerprint density at radius 1 is 1.36 bits per heavy atom. The number of benzene rings is 1. The molecule has 0 saturated carbocycles. The summed E-state index contributed by atoms with van der Waals surface area (Å²) >= 11 is 1.04. The largest absolute Gasteiger partial charge is 0.496 e. The van der Waals surface area contributed by atoms with Crippen LogP contribution in [0.3, 0.4) is 0 Å². The van der Waals surface area contributed by atoms with Crippen molar-refractivity contribution in [3.05, 3.63) is 41.7 Å². The minimum absolute atomic E-state index is 0.0329. The Morgan fingerprint density at radius 2 is 2.18 bits per heavy atom. The van der Waals surface area contributed by atoms with E-state index in [-0.39, 0.29) is 17.6 Å². The number of para-hydroxylation sites is 1. The van der Waals surface area contributed by atoms with Crippen molar-refractivity contribution in [2.75, 3.05) is 26.7 Å². The van der Waals surface area contributed by atoms with Crippen LogP contribution in [0.5, 0.6) is 5.75 Å². The highest BCUT2D eigenvalue weighted by Crippen LogP contribution is 2.39. The Balaban J connectivity index is 1.25. The Hall–Kier alpha value is -2.03. The zero-order valence-electron chi connectivity index (χ0n) is 16.1. The van der Waals surface area contributed by atoms with Gasteiger partial charge in [0.1, 0.15) is 5.75 Å². The third kappa shape index (κ3) is 4.34. The number of rotatable bonds is 6. The van der Waals surface area contributed by atoms with Crippen molar-refractivity contribution in [1.82, 2.24) is 19.0 Å². The van der Waals surface area contributed by atoms with Crippen molar-refractivity contribution in [3.8, 4) is 5.75 Å². The van der Waals surface area contributed by atoms with Gasteiger partial charge in [0, 0.05) is 31.7 Å². The summed E-state index contributed by atoms with van der Waals surface area (Å²) in [7, 11) is 1.72. The van der Waals surface area contributed by atoms with Crippen LogP contribution in [0.15, 0.2) is 30.5 Å². The lowest BCUT2D eigenvalue weighted by Gasteiger charge is -2.39. The summed E-state index contributed by atoms with van der Waals surface area (Å²) in [4.78, 5) is 14.5. The molecule has 8 heteroatoms. The zero-order valence-corrected chi connectivity index (χ0v) is 16.9. The lowest BCUT2D eigenvalue weighted by atomic mass is 9.88. The quantitative estimate of drug-likeness (QED) is 0.800. The van der Waals surface area contributed by atoms with E-state index in [9.17, 15) is 4.79 Å². The molecule has 1 aromatic carbocycles. The van der Waals surface area contributed by atoms with Gasteiger partial charge >= 0.3 is 0 Å². The number of carbonyl (C=O) groups is 1. The second-order valence-corrected chi connectivity index (χ2v) is 8.11. The molecular formula is C20H26N4O3S. The van der Waals surface area contributed by atoms with E-state index in [1.807, 2.05) is 12.1 Å². The molecule has 1 N–H and O–H groups in total. The minimum Gasteiger partial charge on any atom is -0.496 e. The first-order valence-electron chi connectivity index (χ1n) is 9.75. The number of hydrogen-bond acceptors (Lipinski definition) is 7. The normalized spacial score (nSPS) is 21.7. The number of likely N-dealkylation sites (tertiary alicyclic amines) is 1. The molecule has 7 nitrogen and oxygen atoms in total. The van der Waals surface area contributed by atoms with Gasteiger partial charge in [0.2, 0.25) is 0 Å². The second-order valence-electron chi connectivity index (χ2n) is 7.55. The number of ether oxygens (including phenoxy) is 2. The summed E-state index contributed by atoms with van der Waals surface area (Å²) in [5.41, 5.74) is 1.57. The maximum absolute atomic E-state index is 12.0. The highest BCUT2D eigenvalue weighted by Gasteiger charge is 2.42. The average Bonchev–Trinajstić information content (AvgIpc) is 3.39. The molecule has 1 atom stereocenters. The molecule has 1 aromatic heterocycles. The maximum atomic E-state index is 12.0. The molecular weight excluding hydrogens is 376 g/mol. The van der Waals surface area contributed by atoms with Crippen LogP contribution < -0.4 is 10.1 Å². The van der Waals surface area contributed by atoms with Crippen LogP contribution in [0.1, 0.15) is 41.7 Å². The summed E-state index contributed by atoms with van der Waals surface area (Å²) in [6.07, 6.45) is 5.69. The van der Waals surface area contributed by atoms with Crippen molar-refractivity contribution in [1.29, 1.82) is 0 Å². The van der Waals surface area contributed by atoms with Gasteiger partial charge < -0.3 is 14.8 Å². The highest BCUT2D eigenvalue weighted by molar-refractivity contribution is 6.99. The Bertz CT molecular complexity index is 791. The number of amides is 1. The second kappa shape index (κ2) is 8.55. The first-order valence-corrected chi connectivity index (χ1v) is 10.5. The third-order valence-corrected chi connectivity index (χ3v) is 6.25. The van der Waals surface area contributed by atoms with Crippen LogP contribution in [-0.2, 0) is 11.3 Å². The molecule has 3 heterocycles. The van der Waals surface area contributed by atoms with Crippen molar-refractivity contribution >= 4 is 17.6 Å². The van der Waals surface area contributed by atoms with E-state index < -0.39 is 0 Å². The molecule has 4 rings (SSSR count). The Labute approximate surface area is 169 Å². The molecule has 0 bridgehead atoms. The molecule has 1 amide bonds. The fourth-order valence-electron chi connectivity index (χ4n) is 4.16. The van der Waals surface area contributed by atoms with Gasteiger partial charge in [0.15, 0.2) is 5.69 Å². The molecule has 2 fully saturated rings. The van der Waals surface area contributed by atoms with E-state index in [1.165, 1.54) is 11.8 Å². The topological polar surface area (TPSA) is 76.6 Å². The average molecular weight is 403 g/mol. The van der Waals surface area contributed by atoms with E-state index in [0.717, 1.165) is 62.8 Å². The van der Waals surface area contributed by atoms with Crippen molar-refractivity contribution < 1.29 is 14.3 Å². The number of carbonyl (C=O) groups excluding carboxylic acids is 1. The van der Waals surface area contributed by atoms with Crippen LogP contribution in [0.2, 0.25) is 0 Å². The third-order valence-electron chi connectivity index (χ3n) is 5.78. The van der Waals surface area contributed by atoms with E-state index in [2.05, 4.69) is 31.1 Å². The SMILES string of the molecule is COc1ccccc1CN1CCC2(CCC(CNC(=O)c3cnsn3)O2)CC1. The first-order chi connectivity index (χ1) is 13.7. The molecule has 2 aliphatic rings. The van der Waals surface area contributed by atoms with Gasteiger partial charge in [-0.25, -0.2) is 0 Å². The van der Waals surface area contributed by atoms with Gasteiger partial charge in [0.25, 0.3) is 5.91 Å². The molecule has 0 aliphatic carbocycles. The lowest BCUT2D eigenvalue weighted by Crippen LogP contribution is -2.44. The number of aromatic nitrogens is 2. The number of piperidine rings is 1. The smallest absolute Gasteiger partial charge is 0.272 e. The summed E-state index contributed by atoms with van der Waals surface area (Å²) in [6, 6.07) is 8.21. The molecule has 28 heavy (non-hydrogen) atoms. The summed E-state index contributed by atoms with van der Waals surface area (Å²) in [5.74, 6) is 0.774. The zero-order chi connectivity index (χ0) is 19.4. The van der Waals surface area contributed by atoms with Crippen LogP contribution in [0, 0.1) is 0 Å². The fraction of sp³-hybridized carbons (Fsp3) is 0.550. The molecule has 1 spiro atoms. The molecule has 1 unspecified atom stereocenters. The minimum atomic E-state index is -0.176. The predicted octanol–water partition coefficient (Wildman–Crippen LogP) is 2.49. The molecule has 2 aliphatic heterocycles. The number of methoxy groups -OCH3 is 1. The van der Waals surface area contributed by atoms with Crippen LogP contribution in [0.4, 0.5) is 0 Å². The molecule has 2 aromatic rings. The summed E-state index contributed by atoms with van der Waals surface area (Å²) in [6.45, 7) is 3.47. The van der Waals surface area contributed by atoms with Crippen molar-refractivity contribution in [2.45, 2.75) is 43.9 Å². The highest BCUT2D eigenvalue weighted by atomic mass is 32.1. The van der Waals surface area contributed by atoms with Crippen LogP contribution in [0.25, 0.3) is 0 Å². The van der Waals surface area contributed by atoms with Gasteiger partial charge in [-0.3, -0.25) is 9.69 Å². The molecule has 2 saturated heterocycles. The standard InChI is InChI=1S/C20H26N4O3S/c1-26-18-5-3-2-4-15(18)14-24-10-8-20(9-11-24)7-6-16(27-20)12-21-19(25)17-13-22-28-23-17/h2-5,13,16H,6-12,14H2,1H3,(H,21,25). The summed E-state index contributed by atoms with van der Waals surface area (Å²) < 4.78 is 19.7. The monoisotopic (exact) mass is 402 g/mol. The van der Waals surface area contributed by atoms with Gasteiger partial charge in [-0.2, -0.15) is 8.75 Å². The number of nitrogens with one attached hydrogen (secondary N) is 1.